The number of amidine groups is 1. The van der Waals surface area contributed by atoms with Crippen LogP contribution in [0.2, 0.25) is 0 Å². The van der Waals surface area contributed by atoms with E-state index in [1.54, 1.807) is 36.3 Å². The summed E-state index contributed by atoms with van der Waals surface area (Å²) in [6, 6.07) is 23.3. The van der Waals surface area contributed by atoms with Crippen LogP contribution in [0.5, 0.6) is 5.75 Å². The molecule has 0 spiro atoms. The van der Waals surface area contributed by atoms with Crippen molar-refractivity contribution in [3.05, 3.63) is 94.9 Å². The molecule has 1 N–H and O–H groups in total. The highest BCUT2D eigenvalue weighted by Gasteiger charge is 2.34. The SMILES string of the molecule is COc1ccc(/C=C2/SC(=NCCNS(=O)(=O)c3ccc(C)cc3)N(c3ccccc3)C2=O)cc1. The van der Waals surface area contributed by atoms with E-state index in [1.165, 1.54) is 11.8 Å². The van der Waals surface area contributed by atoms with Crippen molar-refractivity contribution >= 4 is 44.6 Å². The van der Waals surface area contributed by atoms with Gasteiger partial charge in [-0.3, -0.25) is 14.7 Å². The molecule has 7 nitrogen and oxygen atoms in total. The molecule has 0 bridgehead atoms. The van der Waals surface area contributed by atoms with Gasteiger partial charge in [-0.05, 0) is 66.7 Å². The molecule has 0 radical (unpaired) electrons. The van der Waals surface area contributed by atoms with Crippen LogP contribution in [0.3, 0.4) is 0 Å². The van der Waals surface area contributed by atoms with Gasteiger partial charge in [-0.25, -0.2) is 13.1 Å². The standard InChI is InChI=1S/C26H25N3O4S2/c1-19-8-14-23(15-9-19)35(31,32)28-17-16-27-26-29(21-6-4-3-5-7-21)25(30)24(34-26)18-20-10-12-22(33-2)13-11-20/h3-15,18,28H,16-17H2,1-2H3/b24-18+,27-26?. The van der Waals surface area contributed by atoms with Crippen molar-refractivity contribution in [1.82, 2.24) is 4.72 Å². The number of methoxy groups -OCH3 is 1. The van der Waals surface area contributed by atoms with Crippen molar-refractivity contribution in [2.75, 3.05) is 25.1 Å². The van der Waals surface area contributed by atoms with Gasteiger partial charge in [-0.15, -0.1) is 0 Å². The summed E-state index contributed by atoms with van der Waals surface area (Å²) in [5.74, 6) is 0.551. The second-order valence-corrected chi connectivity index (χ2v) is 10.5. The minimum Gasteiger partial charge on any atom is -0.497 e. The Kier molecular flexibility index (Phi) is 7.70. The van der Waals surface area contributed by atoms with Crippen LogP contribution in [0.25, 0.3) is 6.08 Å². The molecule has 1 saturated heterocycles. The third-order valence-corrected chi connectivity index (χ3v) is 7.70. The lowest BCUT2D eigenvalue weighted by molar-refractivity contribution is -0.113. The fourth-order valence-electron chi connectivity index (χ4n) is 3.37. The average molecular weight is 508 g/mol. The number of sulfonamides is 1. The summed E-state index contributed by atoms with van der Waals surface area (Å²) < 4.78 is 32.8. The Labute approximate surface area is 209 Å². The molecule has 3 aromatic carbocycles. The first-order valence-electron chi connectivity index (χ1n) is 10.9. The van der Waals surface area contributed by atoms with Crippen LogP contribution in [0, 0.1) is 6.92 Å². The summed E-state index contributed by atoms with van der Waals surface area (Å²) in [5, 5.41) is 0.496. The van der Waals surface area contributed by atoms with Crippen LogP contribution in [-0.4, -0.2) is 39.7 Å². The van der Waals surface area contributed by atoms with E-state index < -0.39 is 10.0 Å². The van der Waals surface area contributed by atoms with Crippen molar-refractivity contribution in [3.8, 4) is 5.75 Å². The number of amides is 1. The predicted molar refractivity (Wildman–Crippen MR) is 141 cm³/mol. The summed E-state index contributed by atoms with van der Waals surface area (Å²) in [6.45, 7) is 2.19. The van der Waals surface area contributed by atoms with E-state index in [9.17, 15) is 13.2 Å². The predicted octanol–water partition coefficient (Wildman–Crippen LogP) is 4.46. The number of rotatable bonds is 8. The molecule has 9 heteroatoms. The summed E-state index contributed by atoms with van der Waals surface area (Å²) in [5.41, 5.74) is 2.54. The van der Waals surface area contributed by atoms with E-state index in [-0.39, 0.29) is 23.9 Å². The summed E-state index contributed by atoms with van der Waals surface area (Å²) in [4.78, 5) is 20.1. The average Bonchev–Trinajstić information content (AvgIpc) is 3.17. The Balaban J connectivity index is 1.52. The molecular formula is C26H25N3O4S2. The second-order valence-electron chi connectivity index (χ2n) is 7.74. The first-order chi connectivity index (χ1) is 16.9. The molecular weight excluding hydrogens is 482 g/mol. The van der Waals surface area contributed by atoms with Crippen molar-refractivity contribution < 1.29 is 17.9 Å². The number of anilines is 1. The first-order valence-corrected chi connectivity index (χ1v) is 13.2. The highest BCUT2D eigenvalue weighted by atomic mass is 32.2. The fraction of sp³-hybridized carbons (Fsp3) is 0.154. The number of aliphatic imine (C=N–C) groups is 1. The number of hydrogen-bond acceptors (Lipinski definition) is 6. The largest absolute Gasteiger partial charge is 0.497 e. The number of ether oxygens (including phenoxy) is 1. The van der Waals surface area contributed by atoms with Crippen LogP contribution in [0.15, 0.2) is 93.7 Å². The molecule has 35 heavy (non-hydrogen) atoms. The molecule has 1 heterocycles. The molecule has 0 aliphatic carbocycles. The molecule has 0 aromatic heterocycles. The molecule has 0 saturated carbocycles. The molecule has 4 rings (SSSR count). The third kappa shape index (κ3) is 6.00. The Morgan fingerprint density at radius 2 is 1.69 bits per heavy atom. The Hall–Kier alpha value is -3.40. The van der Waals surface area contributed by atoms with Gasteiger partial charge in [0.05, 0.1) is 29.1 Å². The smallest absolute Gasteiger partial charge is 0.271 e. The van der Waals surface area contributed by atoms with Crippen molar-refractivity contribution in [3.63, 3.8) is 0 Å². The van der Waals surface area contributed by atoms with Gasteiger partial charge >= 0.3 is 0 Å². The zero-order valence-electron chi connectivity index (χ0n) is 19.3. The molecule has 1 aliphatic rings. The number of aryl methyl sites for hydroxylation is 1. The number of thioether (sulfide) groups is 1. The maximum Gasteiger partial charge on any atom is 0.271 e. The number of nitrogens with one attached hydrogen (secondary N) is 1. The van der Waals surface area contributed by atoms with E-state index >= 15 is 0 Å². The summed E-state index contributed by atoms with van der Waals surface area (Å²) in [7, 11) is -2.03. The number of nitrogens with zero attached hydrogens (tertiary/aromatic N) is 2. The third-order valence-electron chi connectivity index (χ3n) is 5.22. The van der Waals surface area contributed by atoms with E-state index in [2.05, 4.69) is 9.71 Å². The normalized spacial score (nSPS) is 16.3. The Morgan fingerprint density at radius 3 is 2.34 bits per heavy atom. The van der Waals surface area contributed by atoms with Crippen LogP contribution >= 0.6 is 11.8 Å². The topological polar surface area (TPSA) is 88.1 Å². The van der Waals surface area contributed by atoms with Crippen LogP contribution in [0.1, 0.15) is 11.1 Å². The first kappa shape index (κ1) is 24.7. The summed E-state index contributed by atoms with van der Waals surface area (Å²) in [6.07, 6.45) is 1.81. The van der Waals surface area contributed by atoms with Gasteiger partial charge in [0, 0.05) is 6.54 Å². The van der Waals surface area contributed by atoms with Gasteiger partial charge in [-0.1, -0.05) is 48.0 Å². The Bertz CT molecular complexity index is 1350. The highest BCUT2D eigenvalue weighted by molar-refractivity contribution is 8.19. The maximum absolute atomic E-state index is 13.3. The molecule has 1 fully saturated rings. The van der Waals surface area contributed by atoms with Crippen LogP contribution in [0.4, 0.5) is 5.69 Å². The molecule has 1 aliphatic heterocycles. The molecule has 180 valence electrons. The lowest BCUT2D eigenvalue weighted by Gasteiger charge is -2.15. The van der Waals surface area contributed by atoms with Crippen LogP contribution in [-0.2, 0) is 14.8 Å². The maximum atomic E-state index is 13.3. The molecule has 0 atom stereocenters. The molecule has 3 aromatic rings. The van der Waals surface area contributed by atoms with E-state index in [1.807, 2.05) is 67.6 Å². The molecule has 0 unspecified atom stereocenters. The summed E-state index contributed by atoms with van der Waals surface area (Å²) >= 11 is 1.26. The van der Waals surface area contributed by atoms with Gasteiger partial charge in [0.15, 0.2) is 5.17 Å². The van der Waals surface area contributed by atoms with E-state index in [0.717, 1.165) is 16.9 Å². The monoisotopic (exact) mass is 507 g/mol. The van der Waals surface area contributed by atoms with E-state index in [0.29, 0.717) is 15.8 Å². The zero-order chi connectivity index (χ0) is 24.8. The van der Waals surface area contributed by atoms with Gasteiger partial charge in [0.1, 0.15) is 5.75 Å². The lowest BCUT2D eigenvalue weighted by Crippen LogP contribution is -2.30. The van der Waals surface area contributed by atoms with E-state index in [4.69, 9.17) is 4.74 Å². The number of carbonyl (C=O) groups is 1. The Morgan fingerprint density at radius 1 is 1.00 bits per heavy atom. The van der Waals surface area contributed by atoms with Crippen molar-refractivity contribution in [2.45, 2.75) is 11.8 Å². The number of benzene rings is 3. The zero-order valence-corrected chi connectivity index (χ0v) is 21.0. The number of carbonyl (C=O) groups excluding carboxylic acids is 1. The number of hydrogen-bond donors (Lipinski definition) is 1. The minimum absolute atomic E-state index is 0.106. The van der Waals surface area contributed by atoms with Crippen molar-refractivity contribution in [2.24, 2.45) is 4.99 Å². The lowest BCUT2D eigenvalue weighted by atomic mass is 10.2. The minimum atomic E-state index is -3.63. The van der Waals surface area contributed by atoms with Crippen molar-refractivity contribution in [1.29, 1.82) is 0 Å². The molecule has 1 amide bonds. The highest BCUT2D eigenvalue weighted by Crippen LogP contribution is 2.36. The quantitative estimate of drug-likeness (QED) is 0.359. The van der Waals surface area contributed by atoms with Crippen LogP contribution < -0.4 is 14.4 Å². The van der Waals surface area contributed by atoms with Gasteiger partial charge in [0.25, 0.3) is 5.91 Å². The fourth-order valence-corrected chi connectivity index (χ4v) is 5.39. The van der Waals surface area contributed by atoms with Gasteiger partial charge in [-0.2, -0.15) is 0 Å². The van der Waals surface area contributed by atoms with Gasteiger partial charge in [0.2, 0.25) is 10.0 Å². The van der Waals surface area contributed by atoms with Gasteiger partial charge < -0.3 is 4.74 Å². The number of para-hydroxylation sites is 1. The second kappa shape index (κ2) is 10.9.